The molecule has 0 fully saturated rings. The number of oxazole rings is 1. The van der Waals surface area contributed by atoms with E-state index in [9.17, 15) is 18.0 Å². The smallest absolute Gasteiger partial charge is 0.433 e. The van der Waals surface area contributed by atoms with E-state index in [1.54, 1.807) is 6.92 Å². The van der Waals surface area contributed by atoms with Crippen LogP contribution in [0.5, 0.6) is 0 Å². The van der Waals surface area contributed by atoms with Crippen molar-refractivity contribution in [2.75, 3.05) is 11.9 Å². The number of fused-ring (bicyclic) bond motifs is 1. The van der Waals surface area contributed by atoms with E-state index in [2.05, 4.69) is 14.7 Å². The number of benzene rings is 1. The molecular weight excluding hydrogens is 311 g/mol. The maximum Gasteiger partial charge on any atom is 0.468 e. The fourth-order valence-corrected chi connectivity index (χ4v) is 1.50. The molecule has 0 spiro atoms. The Morgan fingerprint density at radius 2 is 2.14 bits per heavy atom. The van der Waals surface area contributed by atoms with Crippen molar-refractivity contribution >= 4 is 35.1 Å². The van der Waals surface area contributed by atoms with Gasteiger partial charge in [0.15, 0.2) is 5.58 Å². The molecule has 0 saturated carbocycles. The zero-order valence-electron chi connectivity index (χ0n) is 10.9. The summed E-state index contributed by atoms with van der Waals surface area (Å²) >= 11 is 0. The molecule has 3 N–H and O–H groups in total. The summed E-state index contributed by atoms with van der Waals surface area (Å²) in [6.45, 7) is 1.82. The molecule has 0 saturated heterocycles. The molecule has 0 bridgehead atoms. The zero-order chi connectivity index (χ0) is 14.9. The lowest BCUT2D eigenvalue weighted by molar-refractivity contribution is -0.156. The third-order valence-corrected chi connectivity index (χ3v) is 2.70. The van der Waals surface area contributed by atoms with Gasteiger partial charge in [0, 0.05) is 18.2 Å². The number of amides is 1. The minimum Gasteiger partial charge on any atom is -0.433 e. The van der Waals surface area contributed by atoms with Crippen molar-refractivity contribution in [2.24, 2.45) is 11.7 Å². The number of hydrogen-bond acceptors (Lipinski definition) is 4. The Hall–Kier alpha value is -1.80. The molecule has 0 radical (unpaired) electrons. The summed E-state index contributed by atoms with van der Waals surface area (Å²) < 4.78 is 41.9. The summed E-state index contributed by atoms with van der Waals surface area (Å²) in [5.74, 6) is -2.02. The highest BCUT2D eigenvalue weighted by atomic mass is 35.5. The van der Waals surface area contributed by atoms with E-state index in [-0.39, 0.29) is 36.0 Å². The number of aromatic nitrogens is 1. The number of halogens is 4. The van der Waals surface area contributed by atoms with E-state index < -0.39 is 18.0 Å². The first-order valence-corrected chi connectivity index (χ1v) is 5.80. The quantitative estimate of drug-likeness (QED) is 0.910. The van der Waals surface area contributed by atoms with Crippen molar-refractivity contribution in [1.29, 1.82) is 0 Å². The molecule has 1 amide bonds. The van der Waals surface area contributed by atoms with Gasteiger partial charge in [-0.3, -0.25) is 4.79 Å². The third-order valence-electron chi connectivity index (χ3n) is 2.70. The molecule has 1 heterocycles. The minimum absolute atomic E-state index is 0. The number of nitrogens with zero attached hydrogens (tertiary/aromatic N) is 1. The van der Waals surface area contributed by atoms with Gasteiger partial charge in [-0.2, -0.15) is 13.2 Å². The lowest BCUT2D eigenvalue weighted by Gasteiger charge is -2.09. The van der Waals surface area contributed by atoms with E-state index in [0.29, 0.717) is 5.69 Å². The molecule has 2 aromatic rings. The molecule has 1 aromatic heterocycles. The van der Waals surface area contributed by atoms with Crippen LogP contribution in [0, 0.1) is 5.92 Å². The van der Waals surface area contributed by atoms with Crippen LogP contribution in [0.15, 0.2) is 22.6 Å². The first-order valence-electron chi connectivity index (χ1n) is 5.80. The van der Waals surface area contributed by atoms with Crippen molar-refractivity contribution in [1.82, 2.24) is 4.98 Å². The van der Waals surface area contributed by atoms with Gasteiger partial charge in [-0.25, -0.2) is 4.98 Å². The van der Waals surface area contributed by atoms with Crippen LogP contribution in [0.25, 0.3) is 11.1 Å². The lowest BCUT2D eigenvalue weighted by Crippen LogP contribution is -2.26. The molecule has 116 valence electrons. The molecule has 0 aliphatic rings. The molecule has 0 aliphatic carbocycles. The van der Waals surface area contributed by atoms with E-state index >= 15 is 0 Å². The van der Waals surface area contributed by atoms with Crippen LogP contribution in [0.2, 0.25) is 0 Å². The van der Waals surface area contributed by atoms with Gasteiger partial charge in [0.05, 0.1) is 0 Å². The van der Waals surface area contributed by atoms with Gasteiger partial charge >= 0.3 is 12.1 Å². The maximum atomic E-state index is 12.4. The summed E-state index contributed by atoms with van der Waals surface area (Å²) in [6.07, 6.45) is -4.64. The number of rotatable bonds is 3. The van der Waals surface area contributed by atoms with Crippen molar-refractivity contribution < 1.29 is 22.4 Å². The lowest BCUT2D eigenvalue weighted by atomic mass is 10.1. The van der Waals surface area contributed by atoms with Crippen LogP contribution >= 0.6 is 12.4 Å². The Kier molecular flexibility index (Phi) is 5.19. The average Bonchev–Trinajstić information content (AvgIpc) is 2.80. The number of hydrogen-bond donors (Lipinski definition) is 2. The second-order valence-corrected chi connectivity index (χ2v) is 4.33. The maximum absolute atomic E-state index is 12.4. The predicted molar refractivity (Wildman–Crippen MR) is 73.1 cm³/mol. The van der Waals surface area contributed by atoms with E-state index in [1.165, 1.54) is 18.2 Å². The number of carbonyl (C=O) groups is 1. The average molecular weight is 324 g/mol. The Balaban J connectivity index is 0.00000220. The van der Waals surface area contributed by atoms with Crippen molar-refractivity contribution in [3.05, 3.63) is 24.1 Å². The van der Waals surface area contributed by atoms with Crippen molar-refractivity contribution in [3.63, 3.8) is 0 Å². The Morgan fingerprint density at radius 1 is 1.48 bits per heavy atom. The fourth-order valence-electron chi connectivity index (χ4n) is 1.50. The Bertz CT molecular complexity index is 642. The SMILES string of the molecule is CC(CN)C(=O)Nc1ccc2oc(C(F)(F)F)nc2c1.Cl. The van der Waals surface area contributed by atoms with Crippen LogP contribution in [-0.2, 0) is 11.0 Å². The van der Waals surface area contributed by atoms with Gasteiger partial charge in [0.25, 0.3) is 0 Å². The monoisotopic (exact) mass is 323 g/mol. The highest BCUT2D eigenvalue weighted by Gasteiger charge is 2.37. The molecule has 0 aliphatic heterocycles. The van der Waals surface area contributed by atoms with Crippen LogP contribution in [0.4, 0.5) is 18.9 Å². The van der Waals surface area contributed by atoms with Gasteiger partial charge in [0.1, 0.15) is 5.52 Å². The second-order valence-electron chi connectivity index (χ2n) is 4.33. The van der Waals surface area contributed by atoms with Crippen LogP contribution in [-0.4, -0.2) is 17.4 Å². The molecule has 1 aromatic carbocycles. The molecule has 1 unspecified atom stereocenters. The summed E-state index contributed by atoms with van der Waals surface area (Å²) in [5.41, 5.74) is 5.72. The second kappa shape index (κ2) is 6.31. The standard InChI is InChI=1S/C12H12F3N3O2.ClH/c1-6(5-16)10(19)17-7-2-3-9-8(4-7)18-11(20-9)12(13,14)15;/h2-4,6H,5,16H2,1H3,(H,17,19);1H. The van der Waals surface area contributed by atoms with Gasteiger partial charge in [-0.1, -0.05) is 6.92 Å². The molecule has 21 heavy (non-hydrogen) atoms. The topological polar surface area (TPSA) is 81.2 Å². The number of carbonyl (C=O) groups excluding carboxylic acids is 1. The van der Waals surface area contributed by atoms with Gasteiger partial charge < -0.3 is 15.5 Å². The molecule has 2 rings (SSSR count). The normalized spacial score (nSPS) is 12.8. The fraction of sp³-hybridized carbons (Fsp3) is 0.333. The molecule has 5 nitrogen and oxygen atoms in total. The molecule has 1 atom stereocenters. The van der Waals surface area contributed by atoms with Crippen LogP contribution < -0.4 is 11.1 Å². The van der Waals surface area contributed by atoms with E-state index in [1.807, 2.05) is 0 Å². The van der Waals surface area contributed by atoms with Gasteiger partial charge in [0.2, 0.25) is 5.91 Å². The first kappa shape index (κ1) is 17.3. The first-order chi connectivity index (χ1) is 9.31. The highest BCUT2D eigenvalue weighted by molar-refractivity contribution is 5.94. The number of nitrogens with one attached hydrogen (secondary N) is 1. The minimum atomic E-state index is -4.64. The highest BCUT2D eigenvalue weighted by Crippen LogP contribution is 2.31. The third kappa shape index (κ3) is 3.85. The van der Waals surface area contributed by atoms with Gasteiger partial charge in [-0.05, 0) is 18.2 Å². The molecule has 9 heteroatoms. The number of anilines is 1. The largest absolute Gasteiger partial charge is 0.468 e. The zero-order valence-corrected chi connectivity index (χ0v) is 11.7. The number of nitrogens with two attached hydrogens (primary N) is 1. The summed E-state index contributed by atoms with van der Waals surface area (Å²) in [7, 11) is 0. The molecular formula is C12H13ClF3N3O2. The van der Waals surface area contributed by atoms with E-state index in [4.69, 9.17) is 5.73 Å². The summed E-state index contributed by atoms with van der Waals surface area (Å²) in [5, 5.41) is 2.55. The summed E-state index contributed by atoms with van der Waals surface area (Å²) in [6, 6.07) is 4.07. The Labute approximate surface area is 124 Å². The summed E-state index contributed by atoms with van der Waals surface area (Å²) in [4.78, 5) is 15.0. The number of alkyl halides is 3. The van der Waals surface area contributed by atoms with Crippen LogP contribution in [0.3, 0.4) is 0 Å². The Morgan fingerprint density at radius 3 is 2.71 bits per heavy atom. The van der Waals surface area contributed by atoms with Crippen LogP contribution in [0.1, 0.15) is 12.8 Å². The van der Waals surface area contributed by atoms with Gasteiger partial charge in [-0.15, -0.1) is 12.4 Å². The predicted octanol–water partition coefficient (Wildman–Crippen LogP) is 2.80. The van der Waals surface area contributed by atoms with E-state index in [0.717, 1.165) is 0 Å². The van der Waals surface area contributed by atoms with Crippen molar-refractivity contribution in [2.45, 2.75) is 13.1 Å². The van der Waals surface area contributed by atoms with Crippen molar-refractivity contribution in [3.8, 4) is 0 Å².